The molecule has 0 bridgehead atoms. The Kier molecular flexibility index (Phi) is 3.89. The molecule has 0 spiro atoms. The highest BCUT2D eigenvalue weighted by Crippen LogP contribution is 2.41. The van der Waals surface area contributed by atoms with E-state index in [1.54, 1.807) is 34.6 Å². The van der Waals surface area contributed by atoms with E-state index in [0.717, 1.165) is 12.8 Å². The summed E-state index contributed by atoms with van der Waals surface area (Å²) < 4.78 is 5.21. The summed E-state index contributed by atoms with van der Waals surface area (Å²) in [6.07, 6.45) is 1.35. The van der Waals surface area contributed by atoms with Crippen LogP contribution in [-0.4, -0.2) is 23.0 Å². The number of ketones is 1. The Labute approximate surface area is 109 Å². The van der Waals surface area contributed by atoms with Crippen molar-refractivity contribution in [1.29, 1.82) is 0 Å². The van der Waals surface area contributed by atoms with Gasteiger partial charge in [-0.05, 0) is 59.0 Å². The van der Waals surface area contributed by atoms with Crippen LogP contribution < -0.4 is 5.32 Å². The SMILES string of the molecule is C=C(C)C(=O)C(C)(NC(=O)OC(C)(C)C)C1CC1. The van der Waals surface area contributed by atoms with Crippen molar-refractivity contribution < 1.29 is 14.3 Å². The third-order valence-electron chi connectivity index (χ3n) is 3.01. The van der Waals surface area contributed by atoms with E-state index in [9.17, 15) is 9.59 Å². The Bertz CT molecular complexity index is 377. The number of carbonyl (C=O) groups is 2. The number of nitrogens with one attached hydrogen (secondary N) is 1. The van der Waals surface area contributed by atoms with Gasteiger partial charge >= 0.3 is 6.09 Å². The topological polar surface area (TPSA) is 55.4 Å². The molecule has 0 aromatic carbocycles. The van der Waals surface area contributed by atoms with Crippen LogP contribution in [0.2, 0.25) is 0 Å². The van der Waals surface area contributed by atoms with Gasteiger partial charge in [0.15, 0.2) is 5.78 Å². The monoisotopic (exact) mass is 253 g/mol. The molecule has 1 N–H and O–H groups in total. The molecule has 1 aliphatic carbocycles. The molecule has 0 aromatic rings. The van der Waals surface area contributed by atoms with Crippen LogP contribution in [0.3, 0.4) is 0 Å². The number of ether oxygens (including phenoxy) is 1. The predicted octanol–water partition coefficient (Wildman–Crippen LogP) is 2.83. The first-order valence-corrected chi connectivity index (χ1v) is 6.28. The molecule has 0 aromatic heterocycles. The highest BCUT2D eigenvalue weighted by molar-refractivity contribution is 6.03. The van der Waals surface area contributed by atoms with Gasteiger partial charge in [0.1, 0.15) is 11.1 Å². The highest BCUT2D eigenvalue weighted by Gasteiger charge is 2.48. The lowest BCUT2D eigenvalue weighted by atomic mass is 9.87. The van der Waals surface area contributed by atoms with Crippen LogP contribution in [0.1, 0.15) is 47.5 Å². The summed E-state index contributed by atoms with van der Waals surface area (Å²) in [4.78, 5) is 24.0. The number of Topliss-reactive ketones (excluding diaryl/α,β-unsaturated/α-hetero) is 1. The molecule has 1 saturated carbocycles. The van der Waals surface area contributed by atoms with Crippen LogP contribution in [-0.2, 0) is 9.53 Å². The minimum absolute atomic E-state index is 0.115. The summed E-state index contributed by atoms with van der Waals surface area (Å²) in [5.74, 6) is 0.0741. The van der Waals surface area contributed by atoms with Crippen molar-refractivity contribution >= 4 is 11.9 Å². The van der Waals surface area contributed by atoms with Crippen molar-refractivity contribution in [3.8, 4) is 0 Å². The summed E-state index contributed by atoms with van der Waals surface area (Å²) in [6.45, 7) is 12.5. The van der Waals surface area contributed by atoms with Gasteiger partial charge in [-0.15, -0.1) is 0 Å². The normalized spacial score (nSPS) is 18.7. The van der Waals surface area contributed by atoms with Crippen LogP contribution in [0, 0.1) is 5.92 Å². The molecule has 1 rings (SSSR count). The third-order valence-corrected chi connectivity index (χ3v) is 3.01. The molecule has 4 heteroatoms. The zero-order chi connectivity index (χ0) is 14.1. The van der Waals surface area contributed by atoms with Crippen molar-refractivity contribution in [3.05, 3.63) is 12.2 Å². The minimum atomic E-state index is -0.881. The van der Waals surface area contributed by atoms with Gasteiger partial charge in [0.2, 0.25) is 0 Å². The van der Waals surface area contributed by atoms with Gasteiger partial charge in [-0.2, -0.15) is 0 Å². The zero-order valence-electron chi connectivity index (χ0n) is 11.9. The van der Waals surface area contributed by atoms with Crippen molar-refractivity contribution in [2.45, 2.75) is 58.6 Å². The predicted molar refractivity (Wildman–Crippen MR) is 70.3 cm³/mol. The van der Waals surface area contributed by atoms with E-state index in [1.807, 2.05) is 0 Å². The molecule has 0 radical (unpaired) electrons. The average molecular weight is 253 g/mol. The second-order valence-electron chi connectivity index (χ2n) is 6.21. The van der Waals surface area contributed by atoms with Crippen LogP contribution in [0.4, 0.5) is 4.79 Å². The van der Waals surface area contributed by atoms with Gasteiger partial charge < -0.3 is 10.1 Å². The van der Waals surface area contributed by atoms with E-state index < -0.39 is 17.2 Å². The number of hydrogen-bond donors (Lipinski definition) is 1. The molecular formula is C14H23NO3. The fourth-order valence-corrected chi connectivity index (χ4v) is 1.96. The van der Waals surface area contributed by atoms with Gasteiger partial charge in [-0.3, -0.25) is 4.79 Å². The molecule has 4 nitrogen and oxygen atoms in total. The summed E-state index contributed by atoms with van der Waals surface area (Å²) in [6, 6.07) is 0. The number of rotatable bonds is 4. The molecule has 0 heterocycles. The smallest absolute Gasteiger partial charge is 0.408 e. The first kappa shape index (κ1) is 14.7. The summed E-state index contributed by atoms with van der Waals surface area (Å²) in [7, 11) is 0. The largest absolute Gasteiger partial charge is 0.444 e. The van der Waals surface area contributed by atoms with E-state index in [-0.39, 0.29) is 11.7 Å². The van der Waals surface area contributed by atoms with Gasteiger partial charge in [0, 0.05) is 0 Å². The maximum Gasteiger partial charge on any atom is 0.408 e. The Morgan fingerprint density at radius 2 is 1.72 bits per heavy atom. The third kappa shape index (κ3) is 3.59. The second-order valence-corrected chi connectivity index (χ2v) is 6.21. The van der Waals surface area contributed by atoms with Crippen molar-refractivity contribution in [3.63, 3.8) is 0 Å². The molecule has 1 unspecified atom stereocenters. The minimum Gasteiger partial charge on any atom is -0.444 e. The Morgan fingerprint density at radius 1 is 1.22 bits per heavy atom. The molecule has 1 amide bonds. The van der Waals surface area contributed by atoms with E-state index in [0.29, 0.717) is 5.57 Å². The summed E-state index contributed by atoms with van der Waals surface area (Å²) >= 11 is 0. The molecular weight excluding hydrogens is 230 g/mol. The lowest BCUT2D eigenvalue weighted by molar-refractivity contribution is -0.121. The number of amides is 1. The van der Waals surface area contributed by atoms with Gasteiger partial charge in [-0.1, -0.05) is 6.58 Å². The quantitative estimate of drug-likeness (QED) is 0.784. The lowest BCUT2D eigenvalue weighted by Crippen LogP contribution is -2.55. The Hall–Kier alpha value is -1.32. The molecule has 18 heavy (non-hydrogen) atoms. The Morgan fingerprint density at radius 3 is 2.06 bits per heavy atom. The maximum absolute atomic E-state index is 12.2. The van der Waals surface area contributed by atoms with E-state index in [4.69, 9.17) is 4.74 Å². The van der Waals surface area contributed by atoms with Crippen LogP contribution in [0.15, 0.2) is 12.2 Å². The maximum atomic E-state index is 12.2. The molecule has 102 valence electrons. The highest BCUT2D eigenvalue weighted by atomic mass is 16.6. The molecule has 0 saturated heterocycles. The van der Waals surface area contributed by atoms with Crippen molar-refractivity contribution in [2.24, 2.45) is 5.92 Å². The number of carbonyl (C=O) groups excluding carboxylic acids is 2. The standard InChI is InChI=1S/C14H23NO3/c1-9(2)11(16)14(6,10-7-8-10)15-12(17)18-13(3,4)5/h10H,1,7-8H2,2-6H3,(H,15,17). The first-order chi connectivity index (χ1) is 8.06. The number of alkyl carbamates (subject to hydrolysis) is 1. The summed E-state index contributed by atoms with van der Waals surface area (Å²) in [5, 5.41) is 2.72. The second kappa shape index (κ2) is 4.75. The van der Waals surface area contributed by atoms with Crippen LogP contribution >= 0.6 is 0 Å². The Balaban J connectivity index is 2.78. The fraction of sp³-hybridized carbons (Fsp3) is 0.714. The molecule has 1 aliphatic rings. The van der Waals surface area contributed by atoms with Crippen molar-refractivity contribution in [2.75, 3.05) is 0 Å². The molecule has 0 aliphatic heterocycles. The van der Waals surface area contributed by atoms with Gasteiger partial charge in [0.05, 0.1) is 0 Å². The number of hydrogen-bond acceptors (Lipinski definition) is 3. The molecule has 1 atom stereocenters. The van der Waals surface area contributed by atoms with Gasteiger partial charge in [-0.25, -0.2) is 4.79 Å². The zero-order valence-corrected chi connectivity index (χ0v) is 11.9. The van der Waals surface area contributed by atoms with Gasteiger partial charge in [0.25, 0.3) is 0 Å². The van der Waals surface area contributed by atoms with Crippen molar-refractivity contribution in [1.82, 2.24) is 5.32 Å². The lowest BCUT2D eigenvalue weighted by Gasteiger charge is -2.31. The van der Waals surface area contributed by atoms with Crippen LogP contribution in [0.25, 0.3) is 0 Å². The average Bonchev–Trinajstić information content (AvgIpc) is 2.95. The fourth-order valence-electron chi connectivity index (χ4n) is 1.96. The van der Waals surface area contributed by atoms with E-state index >= 15 is 0 Å². The van der Waals surface area contributed by atoms with E-state index in [2.05, 4.69) is 11.9 Å². The van der Waals surface area contributed by atoms with E-state index in [1.165, 1.54) is 0 Å². The van der Waals surface area contributed by atoms with Crippen LogP contribution in [0.5, 0.6) is 0 Å². The first-order valence-electron chi connectivity index (χ1n) is 6.28. The summed E-state index contributed by atoms with van der Waals surface area (Å²) in [5.41, 5.74) is -0.991. The molecule has 1 fully saturated rings.